The zero-order valence-corrected chi connectivity index (χ0v) is 10.00. The molecule has 2 heteroatoms. The minimum absolute atomic E-state index is 0.129. The van der Waals surface area contributed by atoms with Gasteiger partial charge < -0.3 is 9.53 Å². The number of carbonyl (C=O) groups excluding carboxylic acids is 1. The summed E-state index contributed by atoms with van der Waals surface area (Å²) in [6.45, 7) is 2.90. The standard InChI is InChI=1S/C14H20O2/c1-2-9-16-14-8-7-11(10-15)12-5-3-4-6-13(12)14/h8,10-11H,2-7,9H2,1H3. The van der Waals surface area contributed by atoms with Gasteiger partial charge in [0.15, 0.2) is 0 Å². The monoisotopic (exact) mass is 220 g/mol. The number of rotatable bonds is 4. The first-order valence-corrected chi connectivity index (χ1v) is 6.37. The minimum atomic E-state index is 0.129. The van der Waals surface area contributed by atoms with Crippen LogP contribution in [0.25, 0.3) is 0 Å². The first kappa shape index (κ1) is 11.4. The second-order valence-corrected chi connectivity index (χ2v) is 4.61. The van der Waals surface area contributed by atoms with Gasteiger partial charge in [-0.1, -0.05) is 12.5 Å². The normalized spacial score (nSPS) is 24.8. The van der Waals surface area contributed by atoms with Gasteiger partial charge in [-0.2, -0.15) is 0 Å². The lowest BCUT2D eigenvalue weighted by Crippen LogP contribution is -2.18. The molecule has 0 spiro atoms. The molecule has 2 aliphatic carbocycles. The van der Waals surface area contributed by atoms with E-state index in [1.54, 1.807) is 0 Å². The third-order valence-electron chi connectivity index (χ3n) is 3.44. The van der Waals surface area contributed by atoms with Crippen LogP contribution in [0.1, 0.15) is 45.4 Å². The third-order valence-corrected chi connectivity index (χ3v) is 3.44. The summed E-state index contributed by atoms with van der Waals surface area (Å²) >= 11 is 0. The van der Waals surface area contributed by atoms with Crippen LogP contribution in [0.3, 0.4) is 0 Å². The Morgan fingerprint density at radius 1 is 1.44 bits per heavy atom. The van der Waals surface area contributed by atoms with E-state index in [0.717, 1.165) is 44.3 Å². The molecule has 0 radical (unpaired) electrons. The van der Waals surface area contributed by atoms with Crippen LogP contribution < -0.4 is 0 Å². The number of aldehydes is 1. The van der Waals surface area contributed by atoms with E-state index in [1.807, 2.05) is 0 Å². The molecule has 88 valence electrons. The van der Waals surface area contributed by atoms with E-state index < -0.39 is 0 Å². The van der Waals surface area contributed by atoms with Gasteiger partial charge in [-0.05, 0) is 50.2 Å². The Kier molecular flexibility index (Phi) is 3.81. The highest BCUT2D eigenvalue weighted by Crippen LogP contribution is 2.38. The first-order valence-electron chi connectivity index (χ1n) is 6.37. The number of ether oxygens (including phenoxy) is 1. The molecule has 16 heavy (non-hydrogen) atoms. The molecule has 0 saturated carbocycles. The molecular weight excluding hydrogens is 200 g/mol. The number of allylic oxidation sites excluding steroid dienone is 3. The molecule has 0 N–H and O–H groups in total. The lowest BCUT2D eigenvalue weighted by atomic mass is 9.79. The average molecular weight is 220 g/mol. The fourth-order valence-electron chi connectivity index (χ4n) is 2.61. The Bertz CT molecular complexity index is 326. The largest absolute Gasteiger partial charge is 0.494 e. The van der Waals surface area contributed by atoms with Crippen molar-refractivity contribution < 1.29 is 9.53 Å². The van der Waals surface area contributed by atoms with E-state index in [1.165, 1.54) is 24.0 Å². The van der Waals surface area contributed by atoms with Crippen LogP contribution in [0.5, 0.6) is 0 Å². The van der Waals surface area contributed by atoms with E-state index in [0.29, 0.717) is 0 Å². The summed E-state index contributed by atoms with van der Waals surface area (Å²) in [6, 6.07) is 0. The zero-order chi connectivity index (χ0) is 11.4. The van der Waals surface area contributed by atoms with Crippen LogP contribution in [0.15, 0.2) is 23.0 Å². The summed E-state index contributed by atoms with van der Waals surface area (Å²) in [5.74, 6) is 1.19. The fourth-order valence-corrected chi connectivity index (χ4v) is 2.61. The number of hydrogen-bond acceptors (Lipinski definition) is 2. The van der Waals surface area contributed by atoms with Crippen LogP contribution in [0, 0.1) is 5.92 Å². The van der Waals surface area contributed by atoms with Gasteiger partial charge in [-0.25, -0.2) is 0 Å². The van der Waals surface area contributed by atoms with Gasteiger partial charge in [0.05, 0.1) is 6.61 Å². The summed E-state index contributed by atoms with van der Waals surface area (Å²) in [7, 11) is 0. The van der Waals surface area contributed by atoms with Crippen molar-refractivity contribution in [3.05, 3.63) is 23.0 Å². The summed E-state index contributed by atoms with van der Waals surface area (Å²) < 4.78 is 5.78. The maximum absolute atomic E-state index is 11.0. The minimum Gasteiger partial charge on any atom is -0.494 e. The van der Waals surface area contributed by atoms with Crippen LogP contribution in [0.2, 0.25) is 0 Å². The molecule has 1 atom stereocenters. The summed E-state index contributed by atoms with van der Waals surface area (Å²) in [4.78, 5) is 11.0. The Balaban J connectivity index is 2.19. The molecule has 0 aromatic rings. The van der Waals surface area contributed by atoms with Crippen molar-refractivity contribution in [1.29, 1.82) is 0 Å². The van der Waals surface area contributed by atoms with Gasteiger partial charge in [0.1, 0.15) is 12.0 Å². The highest BCUT2D eigenvalue weighted by Gasteiger charge is 2.26. The second-order valence-electron chi connectivity index (χ2n) is 4.61. The number of carbonyl (C=O) groups is 1. The highest BCUT2D eigenvalue weighted by atomic mass is 16.5. The Labute approximate surface area is 97.4 Å². The predicted molar refractivity (Wildman–Crippen MR) is 64.0 cm³/mol. The quantitative estimate of drug-likeness (QED) is 0.679. The molecule has 0 aromatic carbocycles. The van der Waals surface area contributed by atoms with Crippen molar-refractivity contribution in [3.63, 3.8) is 0 Å². The van der Waals surface area contributed by atoms with Crippen molar-refractivity contribution in [2.24, 2.45) is 5.92 Å². The molecular formula is C14H20O2. The van der Waals surface area contributed by atoms with Gasteiger partial charge in [-0.15, -0.1) is 0 Å². The number of hydrogen-bond donors (Lipinski definition) is 0. The Morgan fingerprint density at radius 2 is 2.25 bits per heavy atom. The van der Waals surface area contributed by atoms with Crippen LogP contribution in [-0.4, -0.2) is 12.9 Å². The molecule has 0 amide bonds. The molecule has 2 rings (SSSR count). The lowest BCUT2D eigenvalue weighted by Gasteiger charge is -2.29. The molecule has 1 unspecified atom stereocenters. The maximum atomic E-state index is 11.0. The second kappa shape index (κ2) is 5.33. The zero-order valence-electron chi connectivity index (χ0n) is 10.00. The summed E-state index contributed by atoms with van der Waals surface area (Å²) in [5, 5.41) is 0. The molecule has 0 aliphatic heterocycles. The molecule has 0 bridgehead atoms. The molecule has 0 fully saturated rings. The Morgan fingerprint density at radius 3 is 3.00 bits per heavy atom. The van der Waals surface area contributed by atoms with Crippen molar-refractivity contribution in [3.8, 4) is 0 Å². The van der Waals surface area contributed by atoms with Crippen LogP contribution >= 0.6 is 0 Å². The topological polar surface area (TPSA) is 26.3 Å². The van der Waals surface area contributed by atoms with E-state index in [4.69, 9.17) is 4.74 Å². The summed E-state index contributed by atoms with van der Waals surface area (Å²) in [6.07, 6.45) is 9.73. The lowest BCUT2D eigenvalue weighted by molar-refractivity contribution is -0.110. The smallest absolute Gasteiger partial charge is 0.127 e. The van der Waals surface area contributed by atoms with Crippen molar-refractivity contribution in [2.45, 2.75) is 45.4 Å². The van der Waals surface area contributed by atoms with Crippen LogP contribution in [-0.2, 0) is 9.53 Å². The van der Waals surface area contributed by atoms with Crippen molar-refractivity contribution >= 4 is 6.29 Å². The van der Waals surface area contributed by atoms with E-state index in [2.05, 4.69) is 13.0 Å². The first-order chi connectivity index (χ1) is 7.86. The molecule has 2 aliphatic rings. The molecule has 0 aromatic heterocycles. The molecule has 0 heterocycles. The maximum Gasteiger partial charge on any atom is 0.127 e. The van der Waals surface area contributed by atoms with E-state index >= 15 is 0 Å². The Hall–Kier alpha value is -1.05. The van der Waals surface area contributed by atoms with Crippen molar-refractivity contribution in [2.75, 3.05) is 6.61 Å². The molecule has 2 nitrogen and oxygen atoms in total. The highest BCUT2D eigenvalue weighted by molar-refractivity contribution is 5.62. The third kappa shape index (κ3) is 2.21. The average Bonchev–Trinajstić information content (AvgIpc) is 2.36. The van der Waals surface area contributed by atoms with Gasteiger partial charge >= 0.3 is 0 Å². The van der Waals surface area contributed by atoms with Gasteiger partial charge in [0.25, 0.3) is 0 Å². The fraction of sp³-hybridized carbons (Fsp3) is 0.643. The predicted octanol–water partition coefficient (Wildman–Crippen LogP) is 3.39. The van der Waals surface area contributed by atoms with Crippen molar-refractivity contribution in [1.82, 2.24) is 0 Å². The SMILES string of the molecule is CCCOC1=CCC(C=O)C2=C1CCCC2. The van der Waals surface area contributed by atoms with Gasteiger partial charge in [0.2, 0.25) is 0 Å². The van der Waals surface area contributed by atoms with Gasteiger partial charge in [0, 0.05) is 5.92 Å². The molecule has 0 saturated heterocycles. The van der Waals surface area contributed by atoms with Crippen LogP contribution in [0.4, 0.5) is 0 Å². The summed E-state index contributed by atoms with van der Waals surface area (Å²) in [5.41, 5.74) is 2.69. The van der Waals surface area contributed by atoms with Gasteiger partial charge in [-0.3, -0.25) is 0 Å². The van der Waals surface area contributed by atoms with E-state index in [-0.39, 0.29) is 5.92 Å². The van der Waals surface area contributed by atoms with E-state index in [9.17, 15) is 4.79 Å².